The second-order valence-electron chi connectivity index (χ2n) is 6.60. The van der Waals surface area contributed by atoms with Crippen molar-refractivity contribution in [3.05, 3.63) is 93.7 Å². The molecule has 0 bridgehead atoms. The van der Waals surface area contributed by atoms with Crippen molar-refractivity contribution >= 4 is 39.6 Å². The first kappa shape index (κ1) is 22.2. The first-order valence-corrected chi connectivity index (χ1v) is 10.1. The topological polar surface area (TPSA) is 79.8 Å². The molecule has 0 unspecified atom stereocenters. The summed E-state index contributed by atoms with van der Waals surface area (Å²) in [5.74, 6) is -1.42. The molecule has 2 amide bonds. The molecule has 31 heavy (non-hydrogen) atoms. The highest BCUT2D eigenvalue weighted by Crippen LogP contribution is 2.20. The molecule has 0 heterocycles. The average Bonchev–Trinajstić information content (AvgIpc) is 2.75. The van der Waals surface area contributed by atoms with Crippen LogP contribution in [-0.2, 0) is 16.2 Å². The third-order valence-electron chi connectivity index (χ3n) is 4.20. The Balaban J connectivity index is 1.52. The Kier molecular flexibility index (Phi) is 7.50. The zero-order valence-electron chi connectivity index (χ0n) is 16.6. The quantitative estimate of drug-likeness (QED) is 0.306. The third kappa shape index (κ3) is 6.75. The number of benzene rings is 3. The lowest BCUT2D eigenvalue weighted by atomic mass is 10.2. The maximum atomic E-state index is 13.0. The molecular weight excluding hydrogens is 465 g/mol. The van der Waals surface area contributed by atoms with E-state index in [1.807, 2.05) is 13.0 Å². The van der Waals surface area contributed by atoms with Crippen LogP contribution in [-0.4, -0.2) is 18.0 Å². The van der Waals surface area contributed by atoms with Crippen molar-refractivity contribution in [1.29, 1.82) is 0 Å². The first-order valence-electron chi connectivity index (χ1n) is 9.28. The van der Waals surface area contributed by atoms with Crippen molar-refractivity contribution in [1.82, 2.24) is 5.43 Å². The Morgan fingerprint density at radius 1 is 1.06 bits per heavy atom. The van der Waals surface area contributed by atoms with Gasteiger partial charge in [-0.05, 0) is 66.1 Å². The van der Waals surface area contributed by atoms with Gasteiger partial charge in [-0.3, -0.25) is 9.59 Å². The molecule has 0 aliphatic heterocycles. The van der Waals surface area contributed by atoms with Gasteiger partial charge in [0, 0.05) is 10.2 Å². The lowest BCUT2D eigenvalue weighted by molar-refractivity contribution is -0.136. The SMILES string of the molecule is Cc1cc(Br)ccc1NC(=O)C(=O)N/N=C/c1cccc(OCc2ccc(F)cc2)c1. The predicted octanol–water partition coefficient (Wildman–Crippen LogP) is 4.56. The maximum Gasteiger partial charge on any atom is 0.329 e. The number of hydrogen-bond donors (Lipinski definition) is 2. The standard InChI is InChI=1S/C23H19BrFN3O3/c1-15-11-18(24)7-10-21(15)27-22(29)23(30)28-26-13-17-3-2-4-20(12-17)31-14-16-5-8-19(25)9-6-16/h2-13H,14H2,1H3,(H,27,29)(H,28,30)/b26-13+. The molecule has 0 fully saturated rings. The number of carbonyl (C=O) groups excluding carboxylic acids is 2. The summed E-state index contributed by atoms with van der Waals surface area (Å²) in [6, 6.07) is 18.4. The van der Waals surface area contributed by atoms with Crippen LogP contribution in [0.5, 0.6) is 5.75 Å². The maximum absolute atomic E-state index is 13.0. The Morgan fingerprint density at radius 2 is 1.84 bits per heavy atom. The molecule has 0 aliphatic carbocycles. The minimum absolute atomic E-state index is 0.285. The fourth-order valence-electron chi connectivity index (χ4n) is 2.59. The molecular formula is C23H19BrFN3O3. The molecule has 0 aliphatic rings. The van der Waals surface area contributed by atoms with Gasteiger partial charge in [-0.25, -0.2) is 9.82 Å². The number of hydrogen-bond acceptors (Lipinski definition) is 4. The molecule has 158 valence electrons. The van der Waals surface area contributed by atoms with Gasteiger partial charge >= 0.3 is 11.8 Å². The smallest absolute Gasteiger partial charge is 0.329 e. The Labute approximate surface area is 187 Å². The second kappa shape index (κ2) is 10.5. The number of anilines is 1. The van der Waals surface area contributed by atoms with Crippen LogP contribution < -0.4 is 15.5 Å². The Bertz CT molecular complexity index is 1120. The van der Waals surface area contributed by atoms with Crippen LogP contribution in [0.3, 0.4) is 0 Å². The van der Waals surface area contributed by atoms with Crippen LogP contribution in [0, 0.1) is 12.7 Å². The number of nitrogens with one attached hydrogen (secondary N) is 2. The second-order valence-corrected chi connectivity index (χ2v) is 7.52. The molecule has 3 aromatic carbocycles. The summed E-state index contributed by atoms with van der Waals surface area (Å²) >= 11 is 3.34. The average molecular weight is 484 g/mol. The van der Waals surface area contributed by atoms with Crippen LogP contribution in [0.1, 0.15) is 16.7 Å². The summed E-state index contributed by atoms with van der Waals surface area (Å²) in [5, 5.41) is 6.36. The van der Waals surface area contributed by atoms with E-state index in [1.54, 1.807) is 48.5 Å². The molecule has 0 spiro atoms. The van der Waals surface area contributed by atoms with Gasteiger partial charge in [0.25, 0.3) is 0 Å². The summed E-state index contributed by atoms with van der Waals surface area (Å²) in [7, 11) is 0. The summed E-state index contributed by atoms with van der Waals surface area (Å²) < 4.78 is 19.5. The van der Waals surface area contributed by atoms with Crippen LogP contribution >= 0.6 is 15.9 Å². The number of ether oxygens (including phenoxy) is 1. The zero-order chi connectivity index (χ0) is 22.2. The number of halogens is 2. The van der Waals surface area contributed by atoms with Crippen molar-refractivity contribution in [2.75, 3.05) is 5.32 Å². The number of hydrazone groups is 1. The summed E-state index contributed by atoms with van der Waals surface area (Å²) in [4.78, 5) is 24.0. The molecule has 3 aromatic rings. The van der Waals surface area contributed by atoms with E-state index in [1.165, 1.54) is 18.3 Å². The Morgan fingerprint density at radius 3 is 2.58 bits per heavy atom. The monoisotopic (exact) mass is 483 g/mol. The minimum atomic E-state index is -0.887. The molecule has 0 aromatic heterocycles. The van der Waals surface area contributed by atoms with E-state index in [-0.39, 0.29) is 12.4 Å². The minimum Gasteiger partial charge on any atom is -0.489 e. The number of nitrogens with zero attached hydrogens (tertiary/aromatic N) is 1. The van der Waals surface area contributed by atoms with Gasteiger partial charge < -0.3 is 10.1 Å². The van der Waals surface area contributed by atoms with E-state index >= 15 is 0 Å². The number of amides is 2. The molecule has 3 rings (SSSR count). The highest BCUT2D eigenvalue weighted by atomic mass is 79.9. The fraction of sp³-hybridized carbons (Fsp3) is 0.0870. The van der Waals surface area contributed by atoms with Crippen molar-refractivity contribution in [2.45, 2.75) is 13.5 Å². The third-order valence-corrected chi connectivity index (χ3v) is 4.69. The predicted molar refractivity (Wildman–Crippen MR) is 120 cm³/mol. The van der Waals surface area contributed by atoms with Crippen molar-refractivity contribution < 1.29 is 18.7 Å². The molecule has 6 nitrogen and oxygen atoms in total. The lowest BCUT2D eigenvalue weighted by Crippen LogP contribution is -2.32. The first-order chi connectivity index (χ1) is 14.9. The van der Waals surface area contributed by atoms with Gasteiger partial charge in [-0.15, -0.1) is 0 Å². The van der Waals surface area contributed by atoms with Crippen LogP contribution in [0.2, 0.25) is 0 Å². The zero-order valence-corrected chi connectivity index (χ0v) is 18.1. The van der Waals surface area contributed by atoms with Gasteiger partial charge in [0.2, 0.25) is 0 Å². The fourth-order valence-corrected chi connectivity index (χ4v) is 3.07. The normalized spacial score (nSPS) is 10.7. The van der Waals surface area contributed by atoms with E-state index in [9.17, 15) is 14.0 Å². The van der Waals surface area contributed by atoms with Crippen molar-refractivity contribution in [2.24, 2.45) is 5.10 Å². The highest BCUT2D eigenvalue weighted by molar-refractivity contribution is 9.10. The van der Waals surface area contributed by atoms with Gasteiger partial charge in [0.05, 0.1) is 6.21 Å². The summed E-state index contributed by atoms with van der Waals surface area (Å²) in [5.41, 5.74) is 5.05. The van der Waals surface area contributed by atoms with Gasteiger partial charge in [-0.2, -0.15) is 5.10 Å². The number of aryl methyl sites for hydroxylation is 1. The van der Waals surface area contributed by atoms with Crippen molar-refractivity contribution in [3.63, 3.8) is 0 Å². The highest BCUT2D eigenvalue weighted by Gasteiger charge is 2.14. The molecule has 0 radical (unpaired) electrons. The molecule has 0 atom stereocenters. The van der Waals surface area contributed by atoms with Gasteiger partial charge in [0.15, 0.2) is 0 Å². The number of rotatable bonds is 6. The largest absolute Gasteiger partial charge is 0.489 e. The molecule has 2 N–H and O–H groups in total. The molecule has 0 saturated heterocycles. The van der Waals surface area contributed by atoms with Crippen LogP contribution in [0.25, 0.3) is 0 Å². The lowest BCUT2D eigenvalue weighted by Gasteiger charge is -2.08. The van der Waals surface area contributed by atoms with Gasteiger partial charge in [-0.1, -0.05) is 40.2 Å². The molecule has 8 heteroatoms. The molecule has 0 saturated carbocycles. The van der Waals surface area contributed by atoms with Crippen LogP contribution in [0.4, 0.5) is 10.1 Å². The summed E-state index contributed by atoms with van der Waals surface area (Å²) in [6.07, 6.45) is 1.40. The van der Waals surface area contributed by atoms with E-state index in [2.05, 4.69) is 31.8 Å². The van der Waals surface area contributed by atoms with E-state index < -0.39 is 11.8 Å². The van der Waals surface area contributed by atoms with E-state index in [0.29, 0.717) is 17.0 Å². The number of carbonyl (C=O) groups is 2. The van der Waals surface area contributed by atoms with Crippen molar-refractivity contribution in [3.8, 4) is 5.75 Å². The van der Waals surface area contributed by atoms with Gasteiger partial charge in [0.1, 0.15) is 18.2 Å². The van der Waals surface area contributed by atoms with E-state index in [4.69, 9.17) is 4.74 Å². The summed E-state index contributed by atoms with van der Waals surface area (Å²) in [6.45, 7) is 2.11. The van der Waals surface area contributed by atoms with E-state index in [0.717, 1.165) is 15.6 Å². The van der Waals surface area contributed by atoms with Crippen LogP contribution in [0.15, 0.2) is 76.3 Å². The Hall–Kier alpha value is -3.52.